The Labute approximate surface area is 112 Å². The first kappa shape index (κ1) is 17.7. The molecule has 1 saturated heterocycles. The second kappa shape index (κ2) is 4.83. The molecule has 0 radical (unpaired) electrons. The fourth-order valence-electron chi connectivity index (χ4n) is 1.50. The maximum Gasteiger partial charge on any atom is 0.509 e. The molecule has 1 rings (SSSR count). The first-order valence-corrected chi connectivity index (χ1v) is 6.09. The van der Waals surface area contributed by atoms with Crippen molar-refractivity contribution in [1.29, 1.82) is 0 Å². The molecule has 1 fully saturated rings. The molecule has 0 aliphatic carbocycles. The topological polar surface area (TPSA) is 35.5 Å². The van der Waals surface area contributed by atoms with Gasteiger partial charge in [-0.25, -0.2) is 13.6 Å². The number of rotatable bonds is 3. The van der Waals surface area contributed by atoms with Gasteiger partial charge in [-0.2, -0.15) is 22.0 Å². The number of carbonyl (C=O) groups excluding carboxylic acids is 1. The van der Waals surface area contributed by atoms with Gasteiger partial charge in [-0.1, -0.05) is 18.5 Å². The Morgan fingerprint density at radius 2 is 1.45 bits per heavy atom. The molecule has 0 N–H and O–H groups in total. The van der Waals surface area contributed by atoms with E-state index in [1.54, 1.807) is 0 Å². The largest absolute Gasteiger partial charge is 0.509 e. The quantitative estimate of drug-likeness (QED) is 0.447. The molecule has 6 unspecified atom stereocenters. The lowest BCUT2D eigenvalue weighted by molar-refractivity contribution is -0.290. The Bertz CT molecular complexity index is 409. The van der Waals surface area contributed by atoms with Crippen LogP contribution in [0.25, 0.3) is 0 Å². The van der Waals surface area contributed by atoms with Gasteiger partial charge in [-0.3, -0.25) is 0 Å². The van der Waals surface area contributed by atoms with Crippen molar-refractivity contribution in [3.63, 3.8) is 0 Å². The van der Waals surface area contributed by atoms with Gasteiger partial charge in [0.25, 0.3) is 5.41 Å². The monoisotopic (exact) mass is 348 g/mol. The van der Waals surface area contributed by atoms with Gasteiger partial charge in [-0.15, -0.1) is 0 Å². The highest BCUT2D eigenvalue weighted by Crippen LogP contribution is 2.59. The number of hydrogen-bond acceptors (Lipinski definition) is 3. The highest BCUT2D eigenvalue weighted by Gasteiger charge is 2.78. The van der Waals surface area contributed by atoms with Crippen LogP contribution in [-0.2, 0) is 9.47 Å². The second-order valence-corrected chi connectivity index (χ2v) is 5.80. The average molecular weight is 348 g/mol. The summed E-state index contributed by atoms with van der Waals surface area (Å²) in [5.74, 6) is -5.58. The average Bonchev–Trinajstić information content (AvgIpc) is 2.56. The zero-order valence-corrected chi connectivity index (χ0v) is 12.0. The first-order valence-electron chi connectivity index (χ1n) is 4.93. The molecule has 12 heteroatoms. The molecule has 1 heterocycles. The molecule has 6 atom stereocenters. The molecule has 0 saturated carbocycles. The van der Waals surface area contributed by atoms with Gasteiger partial charge >= 0.3 is 18.3 Å². The summed E-state index contributed by atoms with van der Waals surface area (Å²) in [6, 6.07) is 0. The molecule has 0 amide bonds. The van der Waals surface area contributed by atoms with Gasteiger partial charge in [0.15, 0.2) is 6.10 Å². The summed E-state index contributed by atoms with van der Waals surface area (Å²) in [5, 5.41) is -9.49. The predicted octanol–water partition coefficient (Wildman–Crippen LogP) is 3.19. The summed E-state index contributed by atoms with van der Waals surface area (Å²) in [7, 11) is 1.01. The zero-order chi connectivity index (χ0) is 16.1. The predicted molar refractivity (Wildman–Crippen MR) is 58.9 cm³/mol. The molecule has 118 valence electrons. The van der Waals surface area contributed by atoms with Gasteiger partial charge in [0.05, 0.1) is 0 Å². The van der Waals surface area contributed by atoms with Crippen LogP contribution in [-0.4, -0.2) is 41.3 Å². The van der Waals surface area contributed by atoms with Crippen molar-refractivity contribution in [1.82, 2.24) is 0 Å². The van der Waals surface area contributed by atoms with E-state index in [4.69, 9.17) is 0 Å². The Kier molecular flexibility index (Phi) is 4.28. The van der Waals surface area contributed by atoms with E-state index in [2.05, 4.69) is 9.47 Å². The third-order valence-corrected chi connectivity index (χ3v) is 4.08. The van der Waals surface area contributed by atoms with Crippen LogP contribution in [0.1, 0.15) is 6.92 Å². The lowest BCUT2D eigenvalue weighted by atomic mass is 9.99. The second-order valence-electron chi connectivity index (χ2n) is 4.16. The van der Waals surface area contributed by atoms with E-state index in [1.165, 1.54) is 0 Å². The molecular weight excluding hydrogens is 339 g/mol. The maximum atomic E-state index is 14.1. The van der Waals surface area contributed by atoms with E-state index in [1.807, 2.05) is 0 Å². The van der Waals surface area contributed by atoms with Gasteiger partial charge in [0.2, 0.25) is 5.41 Å². The lowest BCUT2D eigenvalue weighted by Gasteiger charge is -2.40. The van der Waals surface area contributed by atoms with Gasteiger partial charge in [0, 0.05) is 0 Å². The minimum absolute atomic E-state index is 0.245. The minimum atomic E-state index is -6.07. The van der Waals surface area contributed by atoms with Crippen LogP contribution in [0.4, 0.5) is 35.5 Å². The van der Waals surface area contributed by atoms with Crippen LogP contribution in [0, 0.1) is 0 Å². The normalized spacial score (nSPS) is 30.2. The van der Waals surface area contributed by atoms with E-state index >= 15 is 0 Å². The van der Waals surface area contributed by atoms with Crippen molar-refractivity contribution in [3.8, 4) is 0 Å². The summed E-state index contributed by atoms with van der Waals surface area (Å²) in [6.07, 6.45) is -11.7. The third-order valence-electron chi connectivity index (χ3n) is 2.70. The Hall–Kier alpha value is -0.360. The molecule has 0 spiro atoms. The van der Waals surface area contributed by atoms with Crippen molar-refractivity contribution < 1.29 is 45.0 Å². The molecular formula is C8H9F7O3P2. The fourth-order valence-corrected chi connectivity index (χ4v) is 2.44. The molecule has 1 aliphatic rings. The molecule has 0 aromatic rings. The van der Waals surface area contributed by atoms with Crippen LogP contribution in [0.5, 0.6) is 0 Å². The molecule has 3 nitrogen and oxygen atoms in total. The van der Waals surface area contributed by atoms with Gasteiger partial charge < -0.3 is 9.47 Å². The number of halogens is 7. The highest BCUT2D eigenvalue weighted by molar-refractivity contribution is 7.20. The fraction of sp³-hybridized carbons (Fsp3) is 0.875. The SMILES string of the molecule is CC1OC(=O)OC1C(F)(P)C(F)(F)C(F)(P)C(F)(F)F. The van der Waals surface area contributed by atoms with E-state index in [0.717, 1.165) is 16.2 Å². The summed E-state index contributed by atoms with van der Waals surface area (Å²) in [4.78, 5) is 10.7. The summed E-state index contributed by atoms with van der Waals surface area (Å²) in [5.41, 5.74) is 0. The van der Waals surface area contributed by atoms with E-state index < -0.39 is 41.3 Å². The minimum Gasteiger partial charge on any atom is -0.427 e. The summed E-state index contributed by atoms with van der Waals surface area (Å²) in [6.45, 7) is 0.917. The van der Waals surface area contributed by atoms with Crippen molar-refractivity contribution >= 4 is 24.6 Å². The van der Waals surface area contributed by atoms with Crippen molar-refractivity contribution in [2.45, 2.75) is 42.1 Å². The number of carbonyl (C=O) groups is 1. The van der Waals surface area contributed by atoms with Crippen LogP contribution >= 0.6 is 18.5 Å². The zero-order valence-electron chi connectivity index (χ0n) is 9.68. The van der Waals surface area contributed by atoms with Gasteiger partial charge in [-0.05, 0) is 6.92 Å². The van der Waals surface area contributed by atoms with Crippen molar-refractivity contribution in [3.05, 3.63) is 0 Å². The van der Waals surface area contributed by atoms with Crippen molar-refractivity contribution in [2.24, 2.45) is 0 Å². The lowest BCUT2D eigenvalue weighted by Crippen LogP contribution is -2.64. The molecule has 0 aromatic carbocycles. The third kappa shape index (κ3) is 2.45. The van der Waals surface area contributed by atoms with Crippen LogP contribution in [0.3, 0.4) is 0 Å². The Morgan fingerprint density at radius 1 is 1.00 bits per heavy atom. The number of cyclic esters (lactones) is 2. The number of alkyl halides is 7. The standard InChI is InChI=1S/C8H9F7O3P2/c1-2-3(18-4(16)17-2)5(9,19)6(10,11)7(12,20)8(13,14)15/h2-3H,19-20H2,1H3. The van der Waals surface area contributed by atoms with Crippen LogP contribution < -0.4 is 0 Å². The molecule has 0 aromatic heterocycles. The Balaban J connectivity index is 3.22. The molecule has 20 heavy (non-hydrogen) atoms. The summed E-state index contributed by atoms with van der Waals surface area (Å²) >= 11 is 0. The smallest absolute Gasteiger partial charge is 0.427 e. The highest BCUT2D eigenvalue weighted by atomic mass is 31.0. The number of hydrogen-bond donors (Lipinski definition) is 0. The van der Waals surface area contributed by atoms with Crippen LogP contribution in [0.2, 0.25) is 0 Å². The van der Waals surface area contributed by atoms with E-state index in [-0.39, 0.29) is 9.24 Å². The van der Waals surface area contributed by atoms with Crippen molar-refractivity contribution in [2.75, 3.05) is 0 Å². The number of ether oxygens (including phenoxy) is 2. The van der Waals surface area contributed by atoms with Gasteiger partial charge in [0.1, 0.15) is 6.10 Å². The van der Waals surface area contributed by atoms with E-state index in [9.17, 15) is 35.5 Å². The Morgan fingerprint density at radius 3 is 1.75 bits per heavy atom. The first-order chi connectivity index (χ1) is 8.66. The van der Waals surface area contributed by atoms with Crippen LogP contribution in [0.15, 0.2) is 0 Å². The summed E-state index contributed by atoms with van der Waals surface area (Å²) < 4.78 is 100. The molecule has 1 aliphatic heterocycles. The maximum absolute atomic E-state index is 14.1. The van der Waals surface area contributed by atoms with E-state index in [0.29, 0.717) is 0 Å². The molecule has 0 bridgehead atoms.